The first-order valence-corrected chi connectivity index (χ1v) is 12.7. The van der Waals surface area contributed by atoms with Gasteiger partial charge in [0, 0.05) is 28.3 Å². The second-order valence-corrected chi connectivity index (χ2v) is 11.1. The molecule has 2 N–H and O–H groups in total. The van der Waals surface area contributed by atoms with Crippen LogP contribution in [0.1, 0.15) is 56.0 Å². The molecule has 3 aromatic carbocycles. The first-order valence-electron chi connectivity index (χ1n) is 11.9. The Kier molecular flexibility index (Phi) is 7.11. The second-order valence-electron chi connectivity index (χ2n) is 10.2. The summed E-state index contributed by atoms with van der Waals surface area (Å²) in [5, 5.41) is 14.1. The zero-order valence-electron chi connectivity index (χ0n) is 21.4. The summed E-state index contributed by atoms with van der Waals surface area (Å²) in [4.78, 5) is 39.9. The molecule has 1 aliphatic rings. The van der Waals surface area contributed by atoms with Crippen LogP contribution < -0.4 is 10.2 Å². The molecule has 190 valence electrons. The molecule has 1 heterocycles. The van der Waals surface area contributed by atoms with Crippen molar-refractivity contribution in [1.82, 2.24) is 0 Å². The number of aryl methyl sites for hydroxylation is 1. The Morgan fingerprint density at radius 1 is 1.00 bits per heavy atom. The topological polar surface area (TPSA) is 86.7 Å². The molecule has 0 radical (unpaired) electrons. The van der Waals surface area contributed by atoms with Gasteiger partial charge in [0.05, 0.1) is 11.6 Å². The summed E-state index contributed by atoms with van der Waals surface area (Å²) >= 11 is 3.46. The lowest BCUT2D eigenvalue weighted by Gasteiger charge is -2.27. The number of hydrogen-bond donors (Lipinski definition) is 2. The van der Waals surface area contributed by atoms with Gasteiger partial charge in [0.2, 0.25) is 5.91 Å². The Hall–Kier alpha value is -3.71. The number of hydrogen-bond acceptors (Lipinski definition) is 4. The van der Waals surface area contributed by atoms with E-state index in [1.54, 1.807) is 42.5 Å². The highest BCUT2D eigenvalue weighted by atomic mass is 79.9. The molecule has 1 fully saturated rings. The van der Waals surface area contributed by atoms with Gasteiger partial charge in [-0.1, -0.05) is 73.1 Å². The van der Waals surface area contributed by atoms with Crippen LogP contribution in [-0.2, 0) is 19.8 Å². The zero-order chi connectivity index (χ0) is 27.1. The third-order valence-electron chi connectivity index (χ3n) is 6.41. The summed E-state index contributed by atoms with van der Waals surface area (Å²) in [6, 6.07) is 18.9. The largest absolute Gasteiger partial charge is 0.507 e. The van der Waals surface area contributed by atoms with E-state index in [-0.39, 0.29) is 22.7 Å². The van der Waals surface area contributed by atoms with Gasteiger partial charge in [-0.15, -0.1) is 0 Å². The summed E-state index contributed by atoms with van der Waals surface area (Å²) in [5.41, 5.74) is 3.98. The van der Waals surface area contributed by atoms with Crippen molar-refractivity contribution >= 4 is 50.7 Å². The zero-order valence-corrected chi connectivity index (χ0v) is 23.0. The molecule has 0 bridgehead atoms. The fourth-order valence-electron chi connectivity index (χ4n) is 4.46. The third kappa shape index (κ3) is 5.23. The standard InChI is InChI=1S/C30H29BrN2O4/c1-17-15-20(11-14-24(17)31)27(35)25-26(19-9-12-21(13-10-19)30(3,4)5)33(29(37)28(25)36)23-8-6-7-22(16-23)32-18(2)34/h6-16,26,35H,1-5H3,(H,32,34)/b27-25+. The van der Waals surface area contributed by atoms with Crippen molar-refractivity contribution in [2.24, 2.45) is 0 Å². The Morgan fingerprint density at radius 2 is 1.68 bits per heavy atom. The van der Waals surface area contributed by atoms with E-state index < -0.39 is 17.7 Å². The first-order chi connectivity index (χ1) is 17.4. The fourth-order valence-corrected chi connectivity index (χ4v) is 4.71. The van der Waals surface area contributed by atoms with E-state index in [0.29, 0.717) is 22.5 Å². The Morgan fingerprint density at radius 3 is 2.27 bits per heavy atom. The Balaban J connectivity index is 1.93. The van der Waals surface area contributed by atoms with Crippen LogP contribution in [0.2, 0.25) is 0 Å². The number of nitrogens with one attached hydrogen (secondary N) is 1. The molecule has 1 unspecified atom stereocenters. The number of Topliss-reactive ketones (excluding diaryl/α,β-unsaturated/α-hetero) is 1. The van der Waals surface area contributed by atoms with Crippen LogP contribution in [0, 0.1) is 6.92 Å². The average molecular weight is 561 g/mol. The van der Waals surface area contributed by atoms with Gasteiger partial charge in [0.25, 0.3) is 11.7 Å². The molecule has 7 heteroatoms. The van der Waals surface area contributed by atoms with Crippen LogP contribution in [0.5, 0.6) is 0 Å². The van der Waals surface area contributed by atoms with Gasteiger partial charge < -0.3 is 10.4 Å². The number of rotatable bonds is 4. The predicted molar refractivity (Wildman–Crippen MR) is 150 cm³/mol. The van der Waals surface area contributed by atoms with Gasteiger partial charge in [-0.3, -0.25) is 19.3 Å². The highest BCUT2D eigenvalue weighted by Gasteiger charge is 2.47. The van der Waals surface area contributed by atoms with Crippen molar-refractivity contribution in [3.05, 3.63) is 99.0 Å². The summed E-state index contributed by atoms with van der Waals surface area (Å²) in [6.45, 7) is 9.61. The number of ketones is 1. The molecule has 4 rings (SSSR count). The van der Waals surface area contributed by atoms with Gasteiger partial charge in [-0.2, -0.15) is 0 Å². The van der Waals surface area contributed by atoms with E-state index in [9.17, 15) is 19.5 Å². The third-order valence-corrected chi connectivity index (χ3v) is 7.30. The van der Waals surface area contributed by atoms with Gasteiger partial charge in [-0.25, -0.2) is 0 Å². The summed E-state index contributed by atoms with van der Waals surface area (Å²) < 4.78 is 0.869. The predicted octanol–water partition coefficient (Wildman–Crippen LogP) is 6.64. The number of nitrogens with zero attached hydrogens (tertiary/aromatic N) is 1. The molecule has 0 saturated carbocycles. The van der Waals surface area contributed by atoms with Crippen LogP contribution in [-0.4, -0.2) is 22.7 Å². The van der Waals surface area contributed by atoms with Gasteiger partial charge >= 0.3 is 0 Å². The maximum absolute atomic E-state index is 13.5. The smallest absolute Gasteiger partial charge is 0.300 e. The molecule has 1 aliphatic heterocycles. The highest BCUT2D eigenvalue weighted by molar-refractivity contribution is 9.10. The lowest BCUT2D eigenvalue weighted by molar-refractivity contribution is -0.132. The minimum atomic E-state index is -0.856. The Bertz CT molecular complexity index is 1430. The highest BCUT2D eigenvalue weighted by Crippen LogP contribution is 2.43. The van der Waals surface area contributed by atoms with Crippen LogP contribution in [0.4, 0.5) is 11.4 Å². The van der Waals surface area contributed by atoms with E-state index in [1.807, 2.05) is 31.2 Å². The molecule has 1 saturated heterocycles. The molecule has 0 spiro atoms. The molecule has 3 aromatic rings. The van der Waals surface area contributed by atoms with E-state index >= 15 is 0 Å². The van der Waals surface area contributed by atoms with E-state index in [0.717, 1.165) is 15.6 Å². The number of amides is 2. The number of halogens is 1. The monoisotopic (exact) mass is 560 g/mol. The fraction of sp³-hybridized carbons (Fsp3) is 0.233. The molecule has 2 amide bonds. The number of aliphatic hydroxyl groups excluding tert-OH is 1. The lowest BCUT2D eigenvalue weighted by Crippen LogP contribution is -2.29. The molecule has 0 aromatic heterocycles. The van der Waals surface area contributed by atoms with Crippen molar-refractivity contribution < 1.29 is 19.5 Å². The quantitative estimate of drug-likeness (QED) is 0.213. The van der Waals surface area contributed by atoms with E-state index in [2.05, 4.69) is 42.0 Å². The van der Waals surface area contributed by atoms with Crippen molar-refractivity contribution in [3.63, 3.8) is 0 Å². The van der Waals surface area contributed by atoms with Crippen molar-refractivity contribution in [3.8, 4) is 0 Å². The molecule has 6 nitrogen and oxygen atoms in total. The van der Waals surface area contributed by atoms with Gasteiger partial charge in [0.15, 0.2) is 0 Å². The lowest BCUT2D eigenvalue weighted by atomic mass is 9.85. The molecular weight excluding hydrogens is 532 g/mol. The molecule has 1 atom stereocenters. The maximum atomic E-state index is 13.5. The summed E-state index contributed by atoms with van der Waals surface area (Å²) in [5.74, 6) is -2.01. The van der Waals surface area contributed by atoms with Crippen molar-refractivity contribution in [1.29, 1.82) is 0 Å². The second kappa shape index (κ2) is 9.98. The minimum absolute atomic E-state index is 0.0140. The number of anilines is 2. The van der Waals surface area contributed by atoms with Gasteiger partial charge in [0.1, 0.15) is 5.76 Å². The summed E-state index contributed by atoms with van der Waals surface area (Å²) in [6.07, 6.45) is 0. The van der Waals surface area contributed by atoms with Crippen LogP contribution in [0.3, 0.4) is 0 Å². The van der Waals surface area contributed by atoms with Gasteiger partial charge in [-0.05, 0) is 59.4 Å². The number of carbonyl (C=O) groups excluding carboxylic acids is 3. The number of benzene rings is 3. The SMILES string of the molecule is CC(=O)Nc1cccc(N2C(=O)C(=O)/C(=C(/O)c3ccc(Br)c(C)c3)C2c2ccc(C(C)(C)C)cc2)c1. The first kappa shape index (κ1) is 26.4. The van der Waals surface area contributed by atoms with Crippen molar-refractivity contribution in [2.45, 2.75) is 46.1 Å². The number of aliphatic hydroxyl groups is 1. The summed E-state index contributed by atoms with van der Waals surface area (Å²) in [7, 11) is 0. The molecule has 37 heavy (non-hydrogen) atoms. The van der Waals surface area contributed by atoms with E-state index in [1.165, 1.54) is 11.8 Å². The maximum Gasteiger partial charge on any atom is 0.300 e. The average Bonchev–Trinajstić information content (AvgIpc) is 3.10. The van der Waals surface area contributed by atoms with Crippen LogP contribution in [0.15, 0.2) is 76.8 Å². The molecular formula is C30H29BrN2O4. The number of carbonyl (C=O) groups is 3. The molecule has 0 aliphatic carbocycles. The van der Waals surface area contributed by atoms with Crippen LogP contribution in [0.25, 0.3) is 5.76 Å². The normalized spacial score (nSPS) is 17.2. The van der Waals surface area contributed by atoms with Crippen molar-refractivity contribution in [2.75, 3.05) is 10.2 Å². The Labute approximate surface area is 225 Å². The van der Waals surface area contributed by atoms with Crippen LogP contribution >= 0.6 is 15.9 Å². The minimum Gasteiger partial charge on any atom is -0.507 e. The van der Waals surface area contributed by atoms with E-state index in [4.69, 9.17) is 0 Å².